The minimum Gasteiger partial charge on any atom is -0.201 e. The molecule has 1 aromatic heterocycles. The summed E-state index contributed by atoms with van der Waals surface area (Å²) in [7, 11) is 2.28. The molecule has 0 spiro atoms. The number of benzene rings is 2. The lowest BCUT2D eigenvalue weighted by Crippen LogP contribution is -2.45. The van der Waals surface area contributed by atoms with E-state index in [1.54, 1.807) is 22.3 Å². The standard InChI is InChI=1S/C36H46N/c1-23-17-20-30-33(32(23)31-21-24(2)29(22-37(31)7)25-13-9-8-10-14-25)28-19-18-26-15-11-12-16-27(26)34(28)36(5,6)35(30,3)4/h17-22,25H,8-16H2,1-7H3/q+1. The number of fused-ring (bicyclic) bond motifs is 5. The van der Waals surface area contributed by atoms with Crippen molar-refractivity contribution in [3.05, 3.63) is 75.5 Å². The number of pyridine rings is 1. The molecule has 0 atom stereocenters. The molecular weight excluding hydrogens is 446 g/mol. The normalized spacial score (nSPS) is 20.2. The molecule has 0 saturated heterocycles. The van der Waals surface area contributed by atoms with Gasteiger partial charge in [0.1, 0.15) is 7.05 Å². The summed E-state index contributed by atoms with van der Waals surface area (Å²) in [6, 6.07) is 12.3. The van der Waals surface area contributed by atoms with Crippen molar-refractivity contribution >= 4 is 0 Å². The van der Waals surface area contributed by atoms with Gasteiger partial charge in [-0.3, -0.25) is 0 Å². The van der Waals surface area contributed by atoms with Gasteiger partial charge in [0.2, 0.25) is 5.69 Å². The SMILES string of the molecule is Cc1cc(-c2c(C)ccc3c2-c2ccc4c(c2C(C)(C)C3(C)C)CCCC4)[n+](C)cc1C1CCCCC1. The predicted octanol–water partition coefficient (Wildman–Crippen LogP) is 8.96. The van der Waals surface area contributed by atoms with E-state index in [1.165, 1.54) is 96.9 Å². The van der Waals surface area contributed by atoms with Crippen LogP contribution >= 0.6 is 0 Å². The molecule has 1 saturated carbocycles. The summed E-state index contributed by atoms with van der Waals surface area (Å²) < 4.78 is 2.45. The van der Waals surface area contributed by atoms with Gasteiger partial charge in [-0.25, -0.2) is 4.57 Å². The third-order valence-electron chi connectivity index (χ3n) is 10.9. The van der Waals surface area contributed by atoms with E-state index in [4.69, 9.17) is 0 Å². The Morgan fingerprint density at radius 2 is 1.49 bits per heavy atom. The van der Waals surface area contributed by atoms with Crippen LogP contribution in [0.1, 0.15) is 118 Å². The van der Waals surface area contributed by atoms with Crippen molar-refractivity contribution in [2.75, 3.05) is 0 Å². The molecule has 0 amide bonds. The molecule has 0 aliphatic heterocycles. The summed E-state index contributed by atoms with van der Waals surface area (Å²) >= 11 is 0. The summed E-state index contributed by atoms with van der Waals surface area (Å²) in [5.74, 6) is 0.728. The van der Waals surface area contributed by atoms with Gasteiger partial charge in [0.25, 0.3) is 0 Å². The van der Waals surface area contributed by atoms with Gasteiger partial charge in [-0.15, -0.1) is 0 Å². The highest BCUT2D eigenvalue weighted by Crippen LogP contribution is 2.58. The number of aromatic nitrogens is 1. The first-order valence-electron chi connectivity index (χ1n) is 14.9. The van der Waals surface area contributed by atoms with Crippen molar-refractivity contribution in [1.82, 2.24) is 0 Å². The highest BCUT2D eigenvalue weighted by Gasteiger charge is 2.48. The molecule has 3 aliphatic carbocycles. The van der Waals surface area contributed by atoms with Crippen molar-refractivity contribution in [2.24, 2.45) is 7.05 Å². The summed E-state index contributed by atoms with van der Waals surface area (Å²) in [6.45, 7) is 14.7. The molecule has 1 heterocycles. The average Bonchev–Trinajstić information content (AvgIpc) is 2.88. The predicted molar refractivity (Wildman–Crippen MR) is 156 cm³/mol. The lowest BCUT2D eigenvalue weighted by molar-refractivity contribution is -0.661. The van der Waals surface area contributed by atoms with Crippen molar-refractivity contribution < 1.29 is 4.57 Å². The van der Waals surface area contributed by atoms with Gasteiger partial charge < -0.3 is 0 Å². The van der Waals surface area contributed by atoms with Crippen LogP contribution < -0.4 is 4.57 Å². The fourth-order valence-corrected chi connectivity index (χ4v) is 8.10. The third kappa shape index (κ3) is 3.67. The minimum absolute atomic E-state index is 0.0417. The Labute approximate surface area is 225 Å². The summed E-state index contributed by atoms with van der Waals surface area (Å²) in [5.41, 5.74) is 16.7. The zero-order valence-electron chi connectivity index (χ0n) is 24.4. The van der Waals surface area contributed by atoms with Crippen molar-refractivity contribution in [3.63, 3.8) is 0 Å². The van der Waals surface area contributed by atoms with E-state index in [-0.39, 0.29) is 10.8 Å². The lowest BCUT2D eigenvalue weighted by atomic mass is 9.53. The van der Waals surface area contributed by atoms with Crippen LogP contribution in [0.2, 0.25) is 0 Å². The van der Waals surface area contributed by atoms with Gasteiger partial charge in [0, 0.05) is 11.6 Å². The second-order valence-corrected chi connectivity index (χ2v) is 13.5. The maximum Gasteiger partial charge on any atom is 0.213 e. The molecule has 0 N–H and O–H groups in total. The average molecular weight is 493 g/mol. The number of aryl methyl sites for hydroxylation is 4. The van der Waals surface area contributed by atoms with E-state index in [1.807, 2.05) is 0 Å². The Balaban J connectivity index is 1.62. The number of hydrogen-bond acceptors (Lipinski definition) is 0. The van der Waals surface area contributed by atoms with Crippen molar-refractivity contribution in [2.45, 2.75) is 116 Å². The highest BCUT2D eigenvalue weighted by atomic mass is 14.9. The van der Waals surface area contributed by atoms with Gasteiger partial charge in [0.15, 0.2) is 6.20 Å². The molecule has 1 nitrogen and oxygen atoms in total. The number of rotatable bonds is 2. The zero-order valence-corrected chi connectivity index (χ0v) is 24.4. The topological polar surface area (TPSA) is 3.88 Å². The summed E-state index contributed by atoms with van der Waals surface area (Å²) in [4.78, 5) is 0. The van der Waals surface area contributed by atoms with Crippen LogP contribution in [-0.4, -0.2) is 0 Å². The van der Waals surface area contributed by atoms with Gasteiger partial charge in [0.05, 0.1) is 5.56 Å². The molecule has 3 aromatic rings. The summed E-state index contributed by atoms with van der Waals surface area (Å²) in [6.07, 6.45) is 14.5. The molecule has 2 aromatic carbocycles. The lowest BCUT2D eigenvalue weighted by Gasteiger charge is -2.50. The smallest absolute Gasteiger partial charge is 0.201 e. The molecule has 1 heteroatoms. The zero-order chi connectivity index (χ0) is 26.1. The Hall–Kier alpha value is -2.41. The van der Waals surface area contributed by atoms with Crippen LogP contribution in [-0.2, 0) is 30.7 Å². The van der Waals surface area contributed by atoms with Gasteiger partial charge in [-0.2, -0.15) is 0 Å². The fourth-order valence-electron chi connectivity index (χ4n) is 8.10. The molecule has 3 aliphatic rings. The van der Waals surface area contributed by atoms with Crippen LogP contribution in [0, 0.1) is 13.8 Å². The maximum atomic E-state index is 2.51. The monoisotopic (exact) mass is 492 g/mol. The minimum atomic E-state index is 0.0417. The van der Waals surface area contributed by atoms with Crippen LogP contribution in [0.5, 0.6) is 0 Å². The summed E-state index contributed by atoms with van der Waals surface area (Å²) in [5, 5.41) is 0. The van der Waals surface area contributed by atoms with Crippen molar-refractivity contribution in [1.29, 1.82) is 0 Å². The molecular formula is C36H46N+. The Morgan fingerprint density at radius 3 is 2.24 bits per heavy atom. The van der Waals surface area contributed by atoms with E-state index in [0.29, 0.717) is 0 Å². The van der Waals surface area contributed by atoms with Crippen LogP contribution in [0.25, 0.3) is 22.4 Å². The molecule has 1 fully saturated rings. The largest absolute Gasteiger partial charge is 0.213 e. The Kier molecular flexibility index (Phi) is 5.94. The second-order valence-electron chi connectivity index (χ2n) is 13.5. The Bertz CT molecular complexity index is 1380. The van der Waals surface area contributed by atoms with E-state index in [9.17, 15) is 0 Å². The first-order chi connectivity index (χ1) is 17.6. The van der Waals surface area contributed by atoms with Crippen LogP contribution in [0.15, 0.2) is 36.5 Å². The first-order valence-corrected chi connectivity index (χ1v) is 14.9. The first kappa shape index (κ1) is 24.9. The number of hydrogen-bond donors (Lipinski definition) is 0. The van der Waals surface area contributed by atoms with E-state index in [2.05, 4.69) is 89.7 Å². The Morgan fingerprint density at radius 1 is 0.757 bits per heavy atom. The number of nitrogens with zero attached hydrogens (tertiary/aromatic N) is 1. The highest BCUT2D eigenvalue weighted by molar-refractivity contribution is 5.91. The molecule has 37 heavy (non-hydrogen) atoms. The molecule has 194 valence electrons. The second kappa shape index (κ2) is 8.82. The molecule has 0 bridgehead atoms. The molecule has 0 unspecified atom stereocenters. The molecule has 0 radical (unpaired) electrons. The fraction of sp³-hybridized carbons (Fsp3) is 0.528. The van der Waals surface area contributed by atoms with Crippen molar-refractivity contribution in [3.8, 4) is 22.4 Å². The maximum absolute atomic E-state index is 2.51. The van der Waals surface area contributed by atoms with Gasteiger partial charge in [-0.05, 0) is 114 Å². The third-order valence-corrected chi connectivity index (χ3v) is 10.9. The quantitative estimate of drug-likeness (QED) is 0.314. The van der Waals surface area contributed by atoms with E-state index >= 15 is 0 Å². The van der Waals surface area contributed by atoms with Gasteiger partial charge >= 0.3 is 0 Å². The van der Waals surface area contributed by atoms with Crippen LogP contribution in [0.3, 0.4) is 0 Å². The van der Waals surface area contributed by atoms with E-state index in [0.717, 1.165) is 5.92 Å². The van der Waals surface area contributed by atoms with Gasteiger partial charge in [-0.1, -0.05) is 71.2 Å². The van der Waals surface area contributed by atoms with Crippen LogP contribution in [0.4, 0.5) is 0 Å². The molecule has 6 rings (SSSR count). The van der Waals surface area contributed by atoms with E-state index < -0.39 is 0 Å².